The highest BCUT2D eigenvalue weighted by Gasteiger charge is 2.07. The van der Waals surface area contributed by atoms with Gasteiger partial charge in [-0.05, 0) is 0 Å². The van der Waals surface area contributed by atoms with Crippen molar-refractivity contribution in [1.82, 2.24) is 0 Å². The Balaban J connectivity index is 2.94. The predicted octanol–water partition coefficient (Wildman–Crippen LogP) is 3.19. The van der Waals surface area contributed by atoms with Crippen molar-refractivity contribution in [3.8, 4) is 0 Å². The third kappa shape index (κ3) is 2.10. The van der Waals surface area contributed by atoms with Crippen LogP contribution in [0.5, 0.6) is 0 Å². The Morgan fingerprint density at radius 1 is 1.25 bits per heavy atom. The summed E-state index contributed by atoms with van der Waals surface area (Å²) < 4.78 is 0. The molecule has 0 spiro atoms. The van der Waals surface area contributed by atoms with E-state index in [-0.39, 0.29) is 10.8 Å². The van der Waals surface area contributed by atoms with Crippen LogP contribution < -0.4 is 0 Å². The lowest BCUT2D eigenvalue weighted by Crippen LogP contribution is -1.97. The molecule has 1 nitrogen and oxygen atoms in total. The van der Waals surface area contributed by atoms with Gasteiger partial charge >= 0.3 is 0 Å². The summed E-state index contributed by atoms with van der Waals surface area (Å²) in [6.07, 6.45) is 0. The van der Waals surface area contributed by atoms with E-state index in [4.69, 9.17) is 23.2 Å². The Labute approximate surface area is 80.6 Å². The van der Waals surface area contributed by atoms with Crippen LogP contribution in [-0.2, 0) is 0 Å². The third-order valence-corrected chi connectivity index (χ3v) is 1.96. The average molecular weight is 201 g/mol. The molecule has 1 aromatic rings. The van der Waals surface area contributed by atoms with Crippen LogP contribution >= 0.6 is 23.2 Å². The van der Waals surface area contributed by atoms with E-state index in [1.165, 1.54) is 0 Å². The van der Waals surface area contributed by atoms with E-state index in [9.17, 15) is 4.79 Å². The Kier molecular flexibility index (Phi) is 3.32. The molecule has 0 amide bonds. The molecule has 0 bridgehead atoms. The largest absolute Gasteiger partial charge is 0.288 e. The first-order valence-corrected chi connectivity index (χ1v) is 4.13. The molecule has 0 saturated carbocycles. The molecular weight excluding hydrogens is 195 g/mol. The molecule has 0 atom stereocenters. The van der Waals surface area contributed by atoms with Gasteiger partial charge in [0.2, 0.25) is 5.78 Å². The summed E-state index contributed by atoms with van der Waals surface area (Å²) in [4.78, 5) is 11.3. The summed E-state index contributed by atoms with van der Waals surface area (Å²) in [7, 11) is 0. The fourth-order valence-electron chi connectivity index (χ4n) is 0.777. The minimum absolute atomic E-state index is 0.0304. The second-order valence-electron chi connectivity index (χ2n) is 2.15. The number of rotatable bonds is 2. The molecule has 0 aliphatic heterocycles. The number of hydrogen-bond acceptors (Lipinski definition) is 1. The Morgan fingerprint density at radius 2 is 1.83 bits per heavy atom. The molecule has 3 heteroatoms. The van der Waals surface area contributed by atoms with Gasteiger partial charge in [0.1, 0.15) is 0 Å². The minimum atomic E-state index is -0.257. The van der Waals surface area contributed by atoms with E-state index in [0.717, 1.165) is 5.54 Å². The molecule has 0 radical (unpaired) electrons. The van der Waals surface area contributed by atoms with Crippen LogP contribution in [0.1, 0.15) is 10.4 Å². The van der Waals surface area contributed by atoms with Gasteiger partial charge in [0.05, 0.1) is 5.03 Å². The number of ketones is 1. The maximum Gasteiger partial charge on any atom is 0.205 e. The van der Waals surface area contributed by atoms with E-state index in [1.807, 2.05) is 6.07 Å². The van der Waals surface area contributed by atoms with Gasteiger partial charge in [-0.15, -0.1) is 0 Å². The molecule has 0 aromatic heterocycles. The second kappa shape index (κ2) is 4.29. The van der Waals surface area contributed by atoms with Crippen LogP contribution in [0.15, 0.2) is 40.9 Å². The summed E-state index contributed by atoms with van der Waals surface area (Å²) in [5.41, 5.74) is 1.61. The van der Waals surface area contributed by atoms with Gasteiger partial charge in [0.25, 0.3) is 0 Å². The molecule has 0 aliphatic carbocycles. The average Bonchev–Trinajstić information content (AvgIpc) is 2.17. The zero-order valence-corrected chi connectivity index (χ0v) is 7.64. The first-order chi connectivity index (χ1) is 5.75. The molecule has 0 saturated heterocycles. The molecule has 0 aliphatic rings. The fraction of sp³-hybridized carbons (Fsp3) is 0. The van der Waals surface area contributed by atoms with Crippen molar-refractivity contribution in [2.24, 2.45) is 0 Å². The first kappa shape index (κ1) is 9.30. The minimum Gasteiger partial charge on any atom is -0.288 e. The predicted molar refractivity (Wildman–Crippen MR) is 50.6 cm³/mol. The lowest BCUT2D eigenvalue weighted by atomic mass is 10.1. The second-order valence-corrected chi connectivity index (χ2v) is 2.78. The van der Waals surface area contributed by atoms with Crippen molar-refractivity contribution in [3.63, 3.8) is 0 Å². The zero-order chi connectivity index (χ0) is 8.97. The number of allylic oxidation sites excluding steroid dienone is 1. The van der Waals surface area contributed by atoms with Crippen LogP contribution in [0.25, 0.3) is 0 Å². The topological polar surface area (TPSA) is 17.1 Å². The quantitative estimate of drug-likeness (QED) is 0.530. The molecule has 62 valence electrons. The summed E-state index contributed by atoms with van der Waals surface area (Å²) in [6, 6.07) is 8.74. The Hall–Kier alpha value is -0.790. The van der Waals surface area contributed by atoms with Gasteiger partial charge in [0.15, 0.2) is 0 Å². The van der Waals surface area contributed by atoms with Crippen LogP contribution in [-0.4, -0.2) is 5.78 Å². The van der Waals surface area contributed by atoms with Gasteiger partial charge in [-0.3, -0.25) is 4.79 Å². The summed E-state index contributed by atoms with van der Waals surface area (Å²) in [6.45, 7) is 0. The molecular formula is C9H6Cl2O. The van der Waals surface area contributed by atoms with Gasteiger partial charge < -0.3 is 0 Å². The van der Waals surface area contributed by atoms with Crippen LogP contribution in [0.4, 0.5) is 0 Å². The monoisotopic (exact) mass is 200 g/mol. The van der Waals surface area contributed by atoms with E-state index >= 15 is 0 Å². The standard InChI is InChI=1S/C9H6Cl2O/c10-6-8(11)9(12)7-4-2-1-3-5-7/h1-6H/b8-6-. The van der Waals surface area contributed by atoms with Gasteiger partial charge in [-0.25, -0.2) is 0 Å². The van der Waals surface area contributed by atoms with Crippen molar-refractivity contribution in [2.45, 2.75) is 0 Å². The third-order valence-electron chi connectivity index (χ3n) is 1.35. The number of Topliss-reactive ketones (excluding diaryl/α,β-unsaturated/α-hetero) is 1. The Morgan fingerprint density at radius 3 is 2.33 bits per heavy atom. The van der Waals surface area contributed by atoms with Gasteiger partial charge in [-0.1, -0.05) is 53.5 Å². The normalized spacial score (nSPS) is 11.3. The molecule has 0 N–H and O–H groups in total. The van der Waals surface area contributed by atoms with Crippen LogP contribution in [0, 0.1) is 0 Å². The first-order valence-electron chi connectivity index (χ1n) is 3.31. The smallest absolute Gasteiger partial charge is 0.205 e. The van der Waals surface area contributed by atoms with Crippen molar-refractivity contribution >= 4 is 29.0 Å². The Bertz CT molecular complexity index is 304. The molecule has 0 heterocycles. The van der Waals surface area contributed by atoms with Crippen LogP contribution in [0.2, 0.25) is 0 Å². The highest BCUT2D eigenvalue weighted by molar-refractivity contribution is 6.48. The van der Waals surface area contributed by atoms with E-state index < -0.39 is 0 Å². The summed E-state index contributed by atoms with van der Waals surface area (Å²) >= 11 is 10.8. The van der Waals surface area contributed by atoms with E-state index in [1.54, 1.807) is 24.3 Å². The number of hydrogen-bond donors (Lipinski definition) is 0. The number of benzene rings is 1. The van der Waals surface area contributed by atoms with Gasteiger partial charge in [0, 0.05) is 11.1 Å². The zero-order valence-electron chi connectivity index (χ0n) is 6.13. The maximum absolute atomic E-state index is 11.3. The molecule has 1 rings (SSSR count). The molecule has 0 unspecified atom stereocenters. The van der Waals surface area contributed by atoms with E-state index in [2.05, 4.69) is 0 Å². The van der Waals surface area contributed by atoms with Crippen LogP contribution in [0.3, 0.4) is 0 Å². The lowest BCUT2D eigenvalue weighted by Gasteiger charge is -1.95. The van der Waals surface area contributed by atoms with Crippen molar-refractivity contribution < 1.29 is 4.79 Å². The number of carbonyl (C=O) groups is 1. The fourth-order valence-corrected chi connectivity index (χ4v) is 0.985. The summed E-state index contributed by atoms with van der Waals surface area (Å²) in [5.74, 6) is -0.257. The summed E-state index contributed by atoms with van der Waals surface area (Å²) in [5, 5.41) is 0.0304. The maximum atomic E-state index is 11.3. The highest BCUT2D eigenvalue weighted by Crippen LogP contribution is 2.12. The van der Waals surface area contributed by atoms with E-state index in [0.29, 0.717) is 5.56 Å². The molecule has 0 fully saturated rings. The van der Waals surface area contributed by atoms with Crippen molar-refractivity contribution in [3.05, 3.63) is 46.5 Å². The van der Waals surface area contributed by atoms with Crippen molar-refractivity contribution in [2.75, 3.05) is 0 Å². The number of halogens is 2. The number of carbonyl (C=O) groups excluding carboxylic acids is 1. The van der Waals surface area contributed by atoms with Gasteiger partial charge in [-0.2, -0.15) is 0 Å². The molecule has 1 aromatic carbocycles. The lowest BCUT2D eigenvalue weighted by molar-refractivity contribution is 0.104. The molecule has 12 heavy (non-hydrogen) atoms. The highest BCUT2D eigenvalue weighted by atomic mass is 35.5. The SMILES string of the molecule is O=C(/C(Cl)=C/Cl)c1ccccc1. The van der Waals surface area contributed by atoms with Crippen molar-refractivity contribution in [1.29, 1.82) is 0 Å².